The lowest BCUT2D eigenvalue weighted by molar-refractivity contribution is 0.244. The molecule has 1 aliphatic heterocycles. The molecule has 0 saturated carbocycles. The molecule has 2 aromatic rings. The summed E-state index contributed by atoms with van der Waals surface area (Å²) in [6.07, 6.45) is 1.86. The maximum Gasteiger partial charge on any atom is 0.185 e. The summed E-state index contributed by atoms with van der Waals surface area (Å²) in [6.45, 7) is 6.69. The van der Waals surface area contributed by atoms with Gasteiger partial charge in [0.25, 0.3) is 0 Å². The van der Waals surface area contributed by atoms with Gasteiger partial charge in [-0.3, -0.25) is 4.90 Å². The molecule has 2 aromatic heterocycles. The van der Waals surface area contributed by atoms with E-state index in [9.17, 15) is 0 Å². The summed E-state index contributed by atoms with van der Waals surface area (Å²) in [4.78, 5) is 17.8. The number of aryl methyl sites for hydroxylation is 1. The minimum atomic E-state index is 0.550. The average Bonchev–Trinajstić information content (AvgIpc) is 2.92. The van der Waals surface area contributed by atoms with E-state index in [4.69, 9.17) is 5.73 Å². The van der Waals surface area contributed by atoms with Crippen LogP contribution in [0.2, 0.25) is 0 Å². The molecule has 7 heteroatoms. The summed E-state index contributed by atoms with van der Waals surface area (Å²) in [6, 6.07) is 1.80. The number of thiazole rings is 1. The Morgan fingerprint density at radius 1 is 1.25 bits per heavy atom. The van der Waals surface area contributed by atoms with Crippen molar-refractivity contribution in [3.05, 3.63) is 29.2 Å². The van der Waals surface area contributed by atoms with Crippen LogP contribution in [0.4, 0.5) is 10.9 Å². The molecule has 0 aliphatic carbocycles. The molecule has 0 aromatic carbocycles. The van der Waals surface area contributed by atoms with E-state index < -0.39 is 0 Å². The Kier molecular flexibility index (Phi) is 3.79. The highest BCUT2D eigenvalue weighted by Crippen LogP contribution is 2.19. The van der Waals surface area contributed by atoms with E-state index >= 15 is 0 Å². The lowest BCUT2D eigenvalue weighted by atomic mass is 10.3. The van der Waals surface area contributed by atoms with Crippen molar-refractivity contribution in [2.24, 2.45) is 0 Å². The van der Waals surface area contributed by atoms with Crippen LogP contribution in [0.1, 0.15) is 11.5 Å². The lowest BCUT2D eigenvalue weighted by Gasteiger charge is -2.34. The highest BCUT2D eigenvalue weighted by Gasteiger charge is 2.19. The van der Waals surface area contributed by atoms with Gasteiger partial charge in [-0.05, 0) is 6.92 Å². The van der Waals surface area contributed by atoms with Crippen molar-refractivity contribution in [1.82, 2.24) is 19.9 Å². The van der Waals surface area contributed by atoms with Crippen LogP contribution in [0.3, 0.4) is 0 Å². The van der Waals surface area contributed by atoms with Crippen molar-refractivity contribution in [1.29, 1.82) is 0 Å². The maximum absolute atomic E-state index is 5.77. The van der Waals surface area contributed by atoms with Crippen molar-refractivity contribution in [2.75, 3.05) is 36.8 Å². The second-order valence-corrected chi connectivity index (χ2v) is 5.80. The molecule has 0 bridgehead atoms. The minimum absolute atomic E-state index is 0.550. The molecule has 0 atom stereocenters. The number of rotatable bonds is 3. The number of anilines is 2. The third-order valence-corrected chi connectivity index (χ3v) is 4.18. The maximum atomic E-state index is 5.77. The highest BCUT2D eigenvalue weighted by atomic mass is 32.1. The molecule has 6 nitrogen and oxygen atoms in total. The van der Waals surface area contributed by atoms with Crippen LogP contribution in [0.15, 0.2) is 17.6 Å². The molecule has 0 amide bonds. The van der Waals surface area contributed by atoms with E-state index in [1.165, 1.54) is 0 Å². The van der Waals surface area contributed by atoms with E-state index in [0.29, 0.717) is 5.82 Å². The number of nitrogens with two attached hydrogens (primary N) is 1. The van der Waals surface area contributed by atoms with Gasteiger partial charge in [0.15, 0.2) is 5.13 Å². The highest BCUT2D eigenvalue weighted by molar-refractivity contribution is 7.13. The van der Waals surface area contributed by atoms with Gasteiger partial charge in [-0.15, -0.1) is 11.3 Å². The third-order valence-electron chi connectivity index (χ3n) is 3.35. The van der Waals surface area contributed by atoms with Crippen LogP contribution < -0.4 is 10.6 Å². The van der Waals surface area contributed by atoms with Crippen LogP contribution >= 0.6 is 11.3 Å². The van der Waals surface area contributed by atoms with Gasteiger partial charge in [-0.1, -0.05) is 0 Å². The summed E-state index contributed by atoms with van der Waals surface area (Å²) >= 11 is 1.69. The first-order valence-corrected chi connectivity index (χ1v) is 7.55. The van der Waals surface area contributed by atoms with Gasteiger partial charge in [-0.2, -0.15) is 0 Å². The Morgan fingerprint density at radius 2 is 2.05 bits per heavy atom. The van der Waals surface area contributed by atoms with Crippen LogP contribution in [0.25, 0.3) is 0 Å². The van der Waals surface area contributed by atoms with E-state index in [1.54, 1.807) is 17.4 Å². The summed E-state index contributed by atoms with van der Waals surface area (Å²) in [5, 5.41) is 3.13. The molecule has 20 heavy (non-hydrogen) atoms. The summed E-state index contributed by atoms with van der Waals surface area (Å²) in [7, 11) is 0. The predicted octanol–water partition coefficient (Wildman–Crippen LogP) is 1.15. The molecule has 1 fully saturated rings. The van der Waals surface area contributed by atoms with Gasteiger partial charge in [0.05, 0.1) is 6.54 Å². The van der Waals surface area contributed by atoms with Crippen LogP contribution in [0, 0.1) is 6.92 Å². The van der Waals surface area contributed by atoms with E-state index in [2.05, 4.69) is 24.8 Å². The zero-order chi connectivity index (χ0) is 13.9. The zero-order valence-corrected chi connectivity index (χ0v) is 12.3. The molecule has 0 spiro atoms. The SMILES string of the molecule is Cc1cc(N)nc(CN2CCN(c3nccs3)CC2)n1. The quantitative estimate of drug-likeness (QED) is 0.914. The molecular weight excluding hydrogens is 272 g/mol. The van der Waals surface area contributed by atoms with Crippen molar-refractivity contribution in [3.63, 3.8) is 0 Å². The number of piperazine rings is 1. The Balaban J connectivity index is 1.58. The third kappa shape index (κ3) is 3.05. The number of hydrogen-bond acceptors (Lipinski definition) is 7. The summed E-state index contributed by atoms with van der Waals surface area (Å²) < 4.78 is 0. The Hall–Kier alpha value is -1.73. The van der Waals surface area contributed by atoms with Gasteiger partial charge >= 0.3 is 0 Å². The molecule has 106 valence electrons. The van der Waals surface area contributed by atoms with Crippen molar-refractivity contribution < 1.29 is 0 Å². The minimum Gasteiger partial charge on any atom is -0.384 e. The summed E-state index contributed by atoms with van der Waals surface area (Å²) in [5.74, 6) is 1.36. The fourth-order valence-corrected chi connectivity index (χ4v) is 3.09. The smallest absolute Gasteiger partial charge is 0.185 e. The van der Waals surface area contributed by atoms with Gasteiger partial charge in [-0.25, -0.2) is 15.0 Å². The van der Waals surface area contributed by atoms with Gasteiger partial charge in [0.1, 0.15) is 11.6 Å². The fraction of sp³-hybridized carbons (Fsp3) is 0.462. The first-order valence-electron chi connectivity index (χ1n) is 6.67. The number of nitrogen functional groups attached to an aromatic ring is 1. The molecule has 1 saturated heterocycles. The predicted molar refractivity (Wildman–Crippen MR) is 80.8 cm³/mol. The molecule has 3 rings (SSSR count). The molecule has 3 heterocycles. The van der Waals surface area contributed by atoms with Gasteiger partial charge < -0.3 is 10.6 Å². The standard InChI is InChI=1S/C13H18N6S/c1-10-8-11(14)17-12(16-10)9-18-3-5-19(6-4-18)13-15-2-7-20-13/h2,7-8H,3-6,9H2,1H3,(H2,14,16,17). The van der Waals surface area contributed by atoms with Gasteiger partial charge in [0.2, 0.25) is 0 Å². The lowest BCUT2D eigenvalue weighted by Crippen LogP contribution is -2.46. The molecule has 0 radical (unpaired) electrons. The average molecular weight is 290 g/mol. The summed E-state index contributed by atoms with van der Waals surface area (Å²) in [5.41, 5.74) is 6.69. The second kappa shape index (κ2) is 5.72. The topological polar surface area (TPSA) is 71.2 Å². The van der Waals surface area contributed by atoms with Crippen LogP contribution in [-0.2, 0) is 6.54 Å². The van der Waals surface area contributed by atoms with Crippen molar-refractivity contribution in [3.8, 4) is 0 Å². The Bertz CT molecular complexity index is 542. The largest absolute Gasteiger partial charge is 0.384 e. The molecule has 0 unspecified atom stereocenters. The van der Waals surface area contributed by atoms with E-state index in [0.717, 1.165) is 49.4 Å². The molecule has 2 N–H and O–H groups in total. The van der Waals surface area contributed by atoms with E-state index in [-0.39, 0.29) is 0 Å². The second-order valence-electron chi connectivity index (χ2n) is 4.93. The van der Waals surface area contributed by atoms with Crippen molar-refractivity contribution in [2.45, 2.75) is 13.5 Å². The first-order chi connectivity index (χ1) is 9.70. The normalized spacial score (nSPS) is 16.6. The fourth-order valence-electron chi connectivity index (χ4n) is 2.40. The van der Waals surface area contributed by atoms with Gasteiger partial charge in [0, 0.05) is 49.5 Å². The Labute approximate surface area is 122 Å². The molecule has 1 aliphatic rings. The monoisotopic (exact) mass is 290 g/mol. The number of hydrogen-bond donors (Lipinski definition) is 1. The molecular formula is C13H18N6S. The Morgan fingerprint density at radius 3 is 2.70 bits per heavy atom. The zero-order valence-electron chi connectivity index (χ0n) is 11.5. The number of nitrogens with zero attached hydrogens (tertiary/aromatic N) is 5. The van der Waals surface area contributed by atoms with Crippen LogP contribution in [0.5, 0.6) is 0 Å². The van der Waals surface area contributed by atoms with E-state index in [1.807, 2.05) is 18.5 Å². The van der Waals surface area contributed by atoms with Crippen LogP contribution in [-0.4, -0.2) is 46.0 Å². The number of aromatic nitrogens is 3. The first kappa shape index (κ1) is 13.3. The van der Waals surface area contributed by atoms with Crippen molar-refractivity contribution >= 4 is 22.3 Å².